The number of carbonyl (C=O) groups excluding carboxylic acids is 5. The number of carbonyl (C=O) groups is 5. The van der Waals surface area contributed by atoms with E-state index in [-0.39, 0.29) is 23.7 Å². The van der Waals surface area contributed by atoms with Crippen molar-refractivity contribution in [2.75, 3.05) is 0 Å². The van der Waals surface area contributed by atoms with Crippen LogP contribution in [0.3, 0.4) is 0 Å². The van der Waals surface area contributed by atoms with Crippen LogP contribution in [0.15, 0.2) is 36.2 Å². The van der Waals surface area contributed by atoms with Gasteiger partial charge in [0.1, 0.15) is 18.3 Å². The molecule has 5 rings (SSSR count). The molecule has 43 heavy (non-hydrogen) atoms. The van der Waals surface area contributed by atoms with Crippen molar-refractivity contribution in [3.63, 3.8) is 0 Å². The SMILES string of the molecule is CC(=O)O[C@@H]1[C@@H]2[C@@H]([C@@H](OC(=O)c3cccnc3)[C@@H](OC(C)=O)C(C)=C[C@@]34O[C@@]3(C[C@H](C)[C@H]4OC(C)=O)C(=O)[C@H]1C)C2(C)C. The predicted octanol–water partition coefficient (Wildman–Crippen LogP) is 3.39. The largest absolute Gasteiger partial charge is 0.461 e. The van der Waals surface area contributed by atoms with Crippen LogP contribution in [0.4, 0.5) is 0 Å². The second-order valence-corrected chi connectivity index (χ2v) is 13.1. The summed E-state index contributed by atoms with van der Waals surface area (Å²) in [4.78, 5) is 69.0. The first-order chi connectivity index (χ1) is 20.1. The maximum atomic E-state index is 14.4. The Morgan fingerprint density at radius 3 is 2.14 bits per heavy atom. The second kappa shape index (κ2) is 10.5. The van der Waals surface area contributed by atoms with E-state index >= 15 is 0 Å². The number of fused-ring (bicyclic) bond motifs is 1. The van der Waals surface area contributed by atoms with Crippen LogP contribution in [-0.4, -0.2) is 70.3 Å². The summed E-state index contributed by atoms with van der Waals surface area (Å²) in [6, 6.07) is 3.17. The molecule has 0 bridgehead atoms. The van der Waals surface area contributed by atoms with Crippen LogP contribution in [0.5, 0.6) is 0 Å². The molecular formula is C32H39NO10. The first-order valence-electron chi connectivity index (χ1n) is 14.6. The number of epoxide rings is 1. The highest BCUT2D eigenvalue weighted by atomic mass is 16.7. The Hall–Kier alpha value is -3.60. The van der Waals surface area contributed by atoms with Gasteiger partial charge in [-0.05, 0) is 48.5 Å². The summed E-state index contributed by atoms with van der Waals surface area (Å²) in [6.45, 7) is 13.0. The number of ether oxygens (including phenoxy) is 5. The number of hydrogen-bond donors (Lipinski definition) is 0. The Morgan fingerprint density at radius 2 is 1.56 bits per heavy atom. The van der Waals surface area contributed by atoms with Crippen LogP contribution in [-0.2, 0) is 42.9 Å². The third-order valence-electron chi connectivity index (χ3n) is 9.71. The van der Waals surface area contributed by atoms with Crippen LogP contribution < -0.4 is 0 Å². The van der Waals surface area contributed by atoms with Crippen molar-refractivity contribution in [2.45, 2.75) is 97.4 Å². The predicted molar refractivity (Wildman–Crippen MR) is 149 cm³/mol. The number of aromatic nitrogens is 1. The molecule has 4 aliphatic rings. The second-order valence-electron chi connectivity index (χ2n) is 13.1. The van der Waals surface area contributed by atoms with Crippen LogP contribution in [0, 0.1) is 29.1 Å². The van der Waals surface area contributed by atoms with Crippen LogP contribution in [0.2, 0.25) is 0 Å². The Balaban J connectivity index is 1.69. The lowest BCUT2D eigenvalue weighted by molar-refractivity contribution is -0.154. The fourth-order valence-corrected chi connectivity index (χ4v) is 7.87. The normalized spacial score (nSPS) is 39.0. The molecule has 2 heterocycles. The van der Waals surface area contributed by atoms with Crippen molar-refractivity contribution in [1.82, 2.24) is 4.98 Å². The summed E-state index contributed by atoms with van der Waals surface area (Å²) in [5.74, 6) is -4.58. The minimum Gasteiger partial charge on any atom is -0.461 e. The molecule has 1 saturated heterocycles. The molecule has 11 nitrogen and oxygen atoms in total. The molecule has 0 N–H and O–H groups in total. The maximum absolute atomic E-state index is 14.4. The van der Waals surface area contributed by atoms with Crippen LogP contribution >= 0.6 is 0 Å². The lowest BCUT2D eigenvalue weighted by Crippen LogP contribution is -2.43. The van der Waals surface area contributed by atoms with Gasteiger partial charge in [0.15, 0.2) is 23.1 Å². The highest BCUT2D eigenvalue weighted by molar-refractivity contribution is 5.96. The molecule has 3 fully saturated rings. The minimum atomic E-state index is -1.34. The highest BCUT2D eigenvalue weighted by Gasteiger charge is 2.84. The summed E-state index contributed by atoms with van der Waals surface area (Å²) in [6.07, 6.45) is 1.09. The van der Waals surface area contributed by atoms with E-state index in [0.29, 0.717) is 5.57 Å². The molecule has 1 aromatic rings. The Labute approximate surface area is 250 Å². The van der Waals surface area contributed by atoms with E-state index in [9.17, 15) is 24.0 Å². The topological polar surface area (TPSA) is 148 Å². The molecule has 11 heteroatoms. The molecule has 1 aromatic heterocycles. The summed E-state index contributed by atoms with van der Waals surface area (Å²) in [5.41, 5.74) is -2.59. The van der Waals surface area contributed by atoms with Crippen molar-refractivity contribution in [3.8, 4) is 0 Å². The average Bonchev–Trinajstić information content (AvgIpc) is 3.71. The number of esters is 4. The number of ketones is 1. The van der Waals surface area contributed by atoms with E-state index < -0.39 is 82.7 Å². The van der Waals surface area contributed by atoms with E-state index in [1.54, 1.807) is 32.1 Å². The van der Waals surface area contributed by atoms with Gasteiger partial charge in [-0.2, -0.15) is 0 Å². The number of Topliss-reactive ketones (excluding diaryl/α,β-unsaturated/α-hetero) is 1. The van der Waals surface area contributed by atoms with Gasteiger partial charge >= 0.3 is 23.9 Å². The minimum absolute atomic E-state index is 0.206. The third-order valence-corrected chi connectivity index (χ3v) is 9.71. The fraction of sp³-hybridized carbons (Fsp3) is 0.625. The van der Waals surface area contributed by atoms with E-state index in [2.05, 4.69) is 4.98 Å². The number of pyridine rings is 1. The zero-order chi connectivity index (χ0) is 31.6. The fourth-order valence-electron chi connectivity index (χ4n) is 7.87. The van der Waals surface area contributed by atoms with Crippen LogP contribution in [0.1, 0.15) is 72.2 Å². The van der Waals surface area contributed by atoms with Crippen molar-refractivity contribution >= 4 is 29.7 Å². The molecule has 10 atom stereocenters. The Bertz CT molecular complexity index is 1390. The molecule has 1 aliphatic heterocycles. The Kier molecular flexibility index (Phi) is 7.56. The monoisotopic (exact) mass is 597 g/mol. The lowest BCUT2D eigenvalue weighted by atomic mass is 9.80. The summed E-state index contributed by atoms with van der Waals surface area (Å²) in [5, 5.41) is 0. The maximum Gasteiger partial charge on any atom is 0.340 e. The van der Waals surface area contributed by atoms with E-state index in [1.807, 2.05) is 20.8 Å². The van der Waals surface area contributed by atoms with Gasteiger partial charge in [-0.3, -0.25) is 24.2 Å². The van der Waals surface area contributed by atoms with E-state index in [0.717, 1.165) is 0 Å². The average molecular weight is 598 g/mol. The highest BCUT2D eigenvalue weighted by Crippen LogP contribution is 2.69. The van der Waals surface area contributed by atoms with Crippen molar-refractivity contribution < 1.29 is 47.7 Å². The first kappa shape index (κ1) is 30.8. The van der Waals surface area contributed by atoms with Crippen molar-refractivity contribution in [1.29, 1.82) is 0 Å². The zero-order valence-corrected chi connectivity index (χ0v) is 25.7. The number of rotatable bonds is 5. The molecule has 0 unspecified atom stereocenters. The molecule has 0 amide bonds. The number of hydrogen-bond acceptors (Lipinski definition) is 11. The molecule has 0 spiro atoms. The Morgan fingerprint density at radius 1 is 0.930 bits per heavy atom. The summed E-state index contributed by atoms with van der Waals surface area (Å²) < 4.78 is 30.0. The van der Waals surface area contributed by atoms with Crippen molar-refractivity contribution in [2.24, 2.45) is 29.1 Å². The van der Waals surface area contributed by atoms with Crippen molar-refractivity contribution in [3.05, 3.63) is 41.7 Å². The molecule has 232 valence electrons. The quantitative estimate of drug-likeness (QED) is 0.213. The van der Waals surface area contributed by atoms with Gasteiger partial charge in [-0.15, -0.1) is 0 Å². The zero-order valence-electron chi connectivity index (χ0n) is 25.7. The molecule has 0 radical (unpaired) electrons. The van der Waals surface area contributed by atoms with Gasteiger partial charge in [0.05, 0.1) is 11.5 Å². The molecule has 0 aromatic carbocycles. The molecule has 3 aliphatic carbocycles. The van der Waals surface area contributed by atoms with E-state index in [1.165, 1.54) is 33.2 Å². The first-order valence-corrected chi connectivity index (χ1v) is 14.6. The number of nitrogens with zero attached hydrogens (tertiary/aromatic N) is 1. The van der Waals surface area contributed by atoms with Crippen LogP contribution in [0.25, 0.3) is 0 Å². The summed E-state index contributed by atoms with van der Waals surface area (Å²) >= 11 is 0. The smallest absolute Gasteiger partial charge is 0.340 e. The van der Waals surface area contributed by atoms with Gasteiger partial charge in [0.25, 0.3) is 0 Å². The van der Waals surface area contributed by atoms with Gasteiger partial charge < -0.3 is 23.7 Å². The lowest BCUT2D eigenvalue weighted by Gasteiger charge is -2.30. The third kappa shape index (κ3) is 4.95. The van der Waals surface area contributed by atoms with E-state index in [4.69, 9.17) is 23.7 Å². The van der Waals surface area contributed by atoms with Gasteiger partial charge in [-0.25, -0.2) is 4.79 Å². The van der Waals surface area contributed by atoms with Gasteiger partial charge in [0, 0.05) is 45.0 Å². The van der Waals surface area contributed by atoms with Gasteiger partial charge in [0.2, 0.25) is 0 Å². The molecular weight excluding hydrogens is 558 g/mol. The molecule has 2 saturated carbocycles. The standard InChI is InChI=1S/C32H39NO10/c1-15-12-32-28(41-20(6)36)16(2)13-31(32,43-32)27(37)17(3)25(40-19(5)35)22-23(30(22,7)8)26(24(15)39-18(4)34)42-29(38)21-10-9-11-33-14-21/h9-12,14,16-17,22-26,28H,13H2,1-8H3/t16-,17-,22-,23-,24-,25-,26+,28+,31-,32-/m0/s1. The summed E-state index contributed by atoms with van der Waals surface area (Å²) in [7, 11) is 0. The van der Waals surface area contributed by atoms with Gasteiger partial charge in [-0.1, -0.05) is 27.7 Å².